The molecular formula is C25H28FN3O3. The number of carboxylic acid groups (broad SMARTS) is 1. The standard InChI is InChI=1S/C25H28FN3O3/c1-17-24(21-11-22(26)13-27-12-21)25(20-5-3-2-4-6-20)28-29(17)14-18-7-9-19(10-8-18)15-32-16-23(30)31/h2-6,11-13,18-19H,7-10,14-16H2,1H3,(H,30,31)/t18-,19+. The lowest BCUT2D eigenvalue weighted by molar-refractivity contribution is -0.142. The first-order chi connectivity index (χ1) is 15.5. The second kappa shape index (κ2) is 10.0. The van der Waals surface area contributed by atoms with Gasteiger partial charge in [0.05, 0.1) is 12.8 Å². The van der Waals surface area contributed by atoms with Crippen LogP contribution in [0.1, 0.15) is 31.4 Å². The van der Waals surface area contributed by atoms with Crippen molar-refractivity contribution in [1.29, 1.82) is 0 Å². The largest absolute Gasteiger partial charge is 0.480 e. The fraction of sp³-hybridized carbons (Fsp3) is 0.400. The molecule has 2 aromatic heterocycles. The van der Waals surface area contributed by atoms with Gasteiger partial charge in [-0.3, -0.25) is 9.67 Å². The van der Waals surface area contributed by atoms with Gasteiger partial charge in [0, 0.05) is 35.1 Å². The molecule has 0 radical (unpaired) electrons. The quantitative estimate of drug-likeness (QED) is 0.539. The fourth-order valence-corrected chi connectivity index (χ4v) is 4.55. The third kappa shape index (κ3) is 5.22. The Bertz CT molecular complexity index is 1060. The molecule has 1 N–H and O–H groups in total. The van der Waals surface area contributed by atoms with Gasteiger partial charge in [-0.25, -0.2) is 9.18 Å². The summed E-state index contributed by atoms with van der Waals surface area (Å²) in [6.07, 6.45) is 7.06. The maximum Gasteiger partial charge on any atom is 0.329 e. The lowest BCUT2D eigenvalue weighted by Gasteiger charge is -2.28. The van der Waals surface area contributed by atoms with E-state index in [4.69, 9.17) is 14.9 Å². The predicted molar refractivity (Wildman–Crippen MR) is 119 cm³/mol. The Labute approximate surface area is 187 Å². The molecule has 1 aliphatic carbocycles. The van der Waals surface area contributed by atoms with Crippen LogP contribution in [0.2, 0.25) is 0 Å². The smallest absolute Gasteiger partial charge is 0.329 e. The minimum Gasteiger partial charge on any atom is -0.480 e. The number of pyridine rings is 1. The van der Waals surface area contributed by atoms with E-state index in [0.717, 1.165) is 60.3 Å². The second-order valence-electron chi connectivity index (χ2n) is 8.54. The lowest BCUT2D eigenvalue weighted by atomic mass is 9.82. The monoisotopic (exact) mass is 437 g/mol. The number of ether oxygens (including phenoxy) is 1. The van der Waals surface area contributed by atoms with Crippen molar-refractivity contribution >= 4 is 5.97 Å². The van der Waals surface area contributed by atoms with Crippen LogP contribution in [0.25, 0.3) is 22.4 Å². The normalized spacial score (nSPS) is 18.6. The molecule has 0 atom stereocenters. The van der Waals surface area contributed by atoms with Crippen LogP contribution in [0.3, 0.4) is 0 Å². The summed E-state index contributed by atoms with van der Waals surface area (Å²) in [5, 5.41) is 13.7. The summed E-state index contributed by atoms with van der Waals surface area (Å²) in [5.41, 5.74) is 4.48. The van der Waals surface area contributed by atoms with Crippen LogP contribution in [0.5, 0.6) is 0 Å². The first-order valence-corrected chi connectivity index (χ1v) is 11.0. The molecule has 6 nitrogen and oxygen atoms in total. The molecule has 0 saturated heterocycles. The Kier molecular flexibility index (Phi) is 6.95. The molecule has 0 unspecified atom stereocenters. The Hall–Kier alpha value is -3.06. The number of aromatic nitrogens is 3. The average Bonchev–Trinajstić information content (AvgIpc) is 3.11. The highest BCUT2D eigenvalue weighted by Gasteiger charge is 2.25. The Morgan fingerprint density at radius 1 is 1.12 bits per heavy atom. The Morgan fingerprint density at radius 2 is 1.84 bits per heavy atom. The van der Waals surface area contributed by atoms with Gasteiger partial charge in [-0.1, -0.05) is 30.3 Å². The highest BCUT2D eigenvalue weighted by molar-refractivity contribution is 5.82. The van der Waals surface area contributed by atoms with Crippen molar-refractivity contribution in [2.24, 2.45) is 11.8 Å². The maximum atomic E-state index is 13.9. The van der Waals surface area contributed by atoms with E-state index in [2.05, 4.69) is 9.67 Å². The van der Waals surface area contributed by atoms with Crippen molar-refractivity contribution in [2.75, 3.05) is 13.2 Å². The Balaban J connectivity index is 1.52. The van der Waals surface area contributed by atoms with Gasteiger partial charge in [-0.15, -0.1) is 0 Å². The van der Waals surface area contributed by atoms with E-state index in [-0.39, 0.29) is 12.4 Å². The number of nitrogens with zero attached hydrogens (tertiary/aromatic N) is 3. The zero-order valence-corrected chi connectivity index (χ0v) is 18.2. The molecule has 7 heteroatoms. The number of benzene rings is 1. The summed E-state index contributed by atoms with van der Waals surface area (Å²) in [6.45, 7) is 3.11. The highest BCUT2D eigenvalue weighted by atomic mass is 19.1. The van der Waals surface area contributed by atoms with Crippen molar-refractivity contribution in [2.45, 2.75) is 39.2 Å². The van der Waals surface area contributed by atoms with Gasteiger partial charge in [-0.2, -0.15) is 5.10 Å². The summed E-state index contributed by atoms with van der Waals surface area (Å²) in [4.78, 5) is 14.7. The van der Waals surface area contributed by atoms with Crippen LogP contribution in [0, 0.1) is 24.6 Å². The zero-order valence-electron chi connectivity index (χ0n) is 18.2. The SMILES string of the molecule is Cc1c(-c2cncc(F)c2)c(-c2ccccc2)nn1C[C@H]1CC[C@@H](COCC(=O)O)CC1. The minimum absolute atomic E-state index is 0.230. The number of carbonyl (C=O) groups is 1. The number of rotatable bonds is 8. The third-order valence-corrected chi connectivity index (χ3v) is 6.22. The first kappa shape index (κ1) is 22.1. The summed E-state index contributed by atoms with van der Waals surface area (Å²) in [6, 6.07) is 11.5. The molecule has 1 aliphatic rings. The topological polar surface area (TPSA) is 77.2 Å². The van der Waals surface area contributed by atoms with Crippen molar-refractivity contribution in [3.63, 3.8) is 0 Å². The number of aliphatic carboxylic acids is 1. The molecule has 0 bridgehead atoms. The molecular weight excluding hydrogens is 409 g/mol. The number of hydrogen-bond donors (Lipinski definition) is 1. The Morgan fingerprint density at radius 3 is 2.53 bits per heavy atom. The minimum atomic E-state index is -0.925. The predicted octanol–water partition coefficient (Wildman–Crippen LogP) is 4.97. The first-order valence-electron chi connectivity index (χ1n) is 11.0. The molecule has 1 aromatic carbocycles. The van der Waals surface area contributed by atoms with Crippen molar-refractivity contribution in [1.82, 2.24) is 14.8 Å². The number of halogens is 1. The van der Waals surface area contributed by atoms with E-state index in [1.807, 2.05) is 37.3 Å². The van der Waals surface area contributed by atoms with Gasteiger partial charge < -0.3 is 9.84 Å². The van der Waals surface area contributed by atoms with Crippen LogP contribution in [0.15, 0.2) is 48.8 Å². The van der Waals surface area contributed by atoms with Gasteiger partial charge in [-0.05, 0) is 50.5 Å². The second-order valence-corrected chi connectivity index (χ2v) is 8.54. The number of carboxylic acids is 1. The van der Waals surface area contributed by atoms with E-state index in [9.17, 15) is 9.18 Å². The average molecular weight is 438 g/mol. The van der Waals surface area contributed by atoms with E-state index >= 15 is 0 Å². The molecule has 0 spiro atoms. The number of hydrogen-bond acceptors (Lipinski definition) is 4. The van der Waals surface area contributed by atoms with Gasteiger partial charge in [0.2, 0.25) is 0 Å². The molecule has 0 amide bonds. The van der Waals surface area contributed by atoms with Gasteiger partial charge >= 0.3 is 5.97 Å². The molecule has 1 fully saturated rings. The van der Waals surface area contributed by atoms with Gasteiger partial charge in [0.25, 0.3) is 0 Å². The molecule has 2 heterocycles. The van der Waals surface area contributed by atoms with E-state index < -0.39 is 5.97 Å². The molecule has 1 saturated carbocycles. The van der Waals surface area contributed by atoms with E-state index in [1.54, 1.807) is 6.20 Å². The molecule has 3 aromatic rings. The maximum absolute atomic E-state index is 13.9. The van der Waals surface area contributed by atoms with Crippen LogP contribution < -0.4 is 0 Å². The van der Waals surface area contributed by atoms with Crippen LogP contribution >= 0.6 is 0 Å². The van der Waals surface area contributed by atoms with Crippen LogP contribution in [-0.4, -0.2) is 39.1 Å². The summed E-state index contributed by atoms with van der Waals surface area (Å²) < 4.78 is 21.3. The van der Waals surface area contributed by atoms with Gasteiger partial charge in [0.15, 0.2) is 0 Å². The molecule has 168 valence electrons. The van der Waals surface area contributed by atoms with Crippen molar-refractivity contribution in [3.05, 3.63) is 60.3 Å². The van der Waals surface area contributed by atoms with Crippen molar-refractivity contribution < 1.29 is 19.0 Å². The molecule has 4 rings (SSSR count). The molecule has 32 heavy (non-hydrogen) atoms. The van der Waals surface area contributed by atoms with E-state index in [0.29, 0.717) is 18.4 Å². The highest BCUT2D eigenvalue weighted by Crippen LogP contribution is 2.36. The molecule has 0 aliphatic heterocycles. The summed E-state index contributed by atoms with van der Waals surface area (Å²) in [5.74, 6) is -0.381. The summed E-state index contributed by atoms with van der Waals surface area (Å²) in [7, 11) is 0. The van der Waals surface area contributed by atoms with E-state index in [1.165, 1.54) is 12.3 Å². The van der Waals surface area contributed by atoms with Crippen LogP contribution in [0.4, 0.5) is 4.39 Å². The lowest BCUT2D eigenvalue weighted by Crippen LogP contribution is -2.23. The zero-order chi connectivity index (χ0) is 22.5. The van der Waals surface area contributed by atoms with Gasteiger partial charge in [0.1, 0.15) is 18.1 Å². The van der Waals surface area contributed by atoms with Crippen LogP contribution in [-0.2, 0) is 16.1 Å². The third-order valence-electron chi connectivity index (χ3n) is 6.22. The fourth-order valence-electron chi connectivity index (χ4n) is 4.55. The summed E-state index contributed by atoms with van der Waals surface area (Å²) >= 11 is 0. The van der Waals surface area contributed by atoms with Crippen molar-refractivity contribution in [3.8, 4) is 22.4 Å².